The van der Waals surface area contributed by atoms with Gasteiger partial charge in [-0.05, 0) is 80.5 Å². The molecular weight excluding hydrogens is 514 g/mol. The zero-order chi connectivity index (χ0) is 29.2. The number of halogens is 2. The summed E-state index contributed by atoms with van der Waals surface area (Å²) in [6.45, 7) is 5.93. The van der Waals surface area contributed by atoms with Crippen molar-refractivity contribution in [3.63, 3.8) is 0 Å². The fourth-order valence-electron chi connectivity index (χ4n) is 4.46. The van der Waals surface area contributed by atoms with Gasteiger partial charge in [0.15, 0.2) is 0 Å². The van der Waals surface area contributed by atoms with E-state index in [0.29, 0.717) is 28.5 Å². The number of likely N-dealkylation sites (N-methyl/N-ethyl adjacent to an activating group) is 1. The molecule has 3 aromatic carbocycles. The van der Waals surface area contributed by atoms with Gasteiger partial charge < -0.3 is 15.2 Å². The summed E-state index contributed by atoms with van der Waals surface area (Å²) in [5.74, 6) is -1.81. The van der Waals surface area contributed by atoms with Gasteiger partial charge in [0.2, 0.25) is 0 Å². The van der Waals surface area contributed by atoms with Gasteiger partial charge >= 0.3 is 5.97 Å². The number of rotatable bonds is 9. The topological polar surface area (TPSA) is 87.6 Å². The molecule has 0 amide bonds. The lowest BCUT2D eigenvalue weighted by molar-refractivity contribution is -0.132. The molecule has 7 nitrogen and oxygen atoms in total. The summed E-state index contributed by atoms with van der Waals surface area (Å²) in [6, 6.07) is 17.4. The molecule has 4 aromatic rings. The van der Waals surface area contributed by atoms with E-state index in [-0.39, 0.29) is 18.0 Å². The summed E-state index contributed by atoms with van der Waals surface area (Å²) in [7, 11) is 3.54. The molecule has 210 valence electrons. The normalized spacial score (nSPS) is 13.3. The molecule has 2 N–H and O–H groups in total. The zero-order valence-electron chi connectivity index (χ0n) is 23.5. The molecular formula is C31H34F2N4O3. The highest BCUT2D eigenvalue weighted by Gasteiger charge is 2.25. The lowest BCUT2D eigenvalue weighted by Gasteiger charge is -2.20. The predicted octanol–water partition coefficient (Wildman–Crippen LogP) is 6.24. The van der Waals surface area contributed by atoms with Gasteiger partial charge in [-0.2, -0.15) is 0 Å². The number of aliphatic hydroxyl groups is 1. The molecule has 0 aliphatic rings. The van der Waals surface area contributed by atoms with E-state index in [4.69, 9.17) is 4.74 Å². The molecule has 0 saturated carbocycles. The molecule has 0 radical (unpaired) electrons. The highest BCUT2D eigenvalue weighted by molar-refractivity contribution is 5.93. The number of anilines is 1. The molecule has 2 atom stereocenters. The SMILES string of the molecule is CC(=O)Oc1ccc(-c2ccc3nc(C)nc(N[C@H](C)c4cccc(C(C)(F)F)c4)c3c2)cc1C[C@@H](O)N(C)C. The van der Waals surface area contributed by atoms with Crippen molar-refractivity contribution in [3.05, 3.63) is 83.2 Å². The van der Waals surface area contributed by atoms with E-state index in [2.05, 4.69) is 15.3 Å². The molecule has 0 unspecified atom stereocenters. The summed E-state index contributed by atoms with van der Waals surface area (Å²) >= 11 is 0. The van der Waals surface area contributed by atoms with Crippen LogP contribution in [-0.2, 0) is 17.1 Å². The second kappa shape index (κ2) is 11.7. The Morgan fingerprint density at radius 1 is 1.07 bits per heavy atom. The van der Waals surface area contributed by atoms with Gasteiger partial charge in [0.1, 0.15) is 23.6 Å². The Bertz CT molecular complexity index is 1540. The van der Waals surface area contributed by atoms with Crippen LogP contribution in [0.1, 0.15) is 49.3 Å². The van der Waals surface area contributed by atoms with Crippen LogP contribution < -0.4 is 10.1 Å². The Hall–Kier alpha value is -3.95. The van der Waals surface area contributed by atoms with Crippen LogP contribution in [0.25, 0.3) is 22.0 Å². The highest BCUT2D eigenvalue weighted by atomic mass is 19.3. The van der Waals surface area contributed by atoms with E-state index >= 15 is 0 Å². The maximum atomic E-state index is 13.9. The van der Waals surface area contributed by atoms with Gasteiger partial charge in [-0.1, -0.05) is 30.3 Å². The van der Waals surface area contributed by atoms with Crippen LogP contribution in [0, 0.1) is 6.92 Å². The predicted molar refractivity (Wildman–Crippen MR) is 152 cm³/mol. The second-order valence-corrected chi connectivity index (χ2v) is 10.3. The lowest BCUT2D eigenvalue weighted by Crippen LogP contribution is -2.29. The number of benzene rings is 3. The third-order valence-corrected chi connectivity index (χ3v) is 6.70. The number of ether oxygens (including phenoxy) is 1. The van der Waals surface area contributed by atoms with E-state index in [1.165, 1.54) is 19.1 Å². The number of esters is 1. The number of alkyl halides is 2. The van der Waals surface area contributed by atoms with Crippen molar-refractivity contribution in [1.82, 2.24) is 14.9 Å². The molecule has 0 spiro atoms. The Kier molecular flexibility index (Phi) is 8.46. The third kappa shape index (κ3) is 6.78. The summed E-state index contributed by atoms with van der Waals surface area (Å²) in [4.78, 5) is 22.5. The molecule has 9 heteroatoms. The Morgan fingerprint density at radius 2 is 1.77 bits per heavy atom. The van der Waals surface area contributed by atoms with E-state index < -0.39 is 18.1 Å². The minimum Gasteiger partial charge on any atom is -0.426 e. The molecule has 1 aromatic heterocycles. The average Bonchev–Trinajstić information content (AvgIpc) is 2.88. The van der Waals surface area contributed by atoms with Crippen LogP contribution in [0.5, 0.6) is 5.75 Å². The minimum absolute atomic E-state index is 0.0444. The van der Waals surface area contributed by atoms with Crippen molar-refractivity contribution in [2.75, 3.05) is 19.4 Å². The van der Waals surface area contributed by atoms with Crippen LogP contribution in [-0.4, -0.2) is 46.3 Å². The number of aromatic nitrogens is 2. The largest absolute Gasteiger partial charge is 0.426 e. The number of fused-ring (bicyclic) bond motifs is 1. The summed E-state index contributed by atoms with van der Waals surface area (Å²) < 4.78 is 33.3. The van der Waals surface area contributed by atoms with Crippen molar-refractivity contribution in [2.24, 2.45) is 0 Å². The molecule has 0 bridgehead atoms. The summed E-state index contributed by atoms with van der Waals surface area (Å²) in [5.41, 5.74) is 3.82. The average molecular weight is 549 g/mol. The minimum atomic E-state index is -2.94. The van der Waals surface area contributed by atoms with Crippen molar-refractivity contribution in [3.8, 4) is 16.9 Å². The monoisotopic (exact) mass is 548 g/mol. The quantitative estimate of drug-likeness (QED) is 0.145. The van der Waals surface area contributed by atoms with Crippen molar-refractivity contribution < 1.29 is 23.4 Å². The highest BCUT2D eigenvalue weighted by Crippen LogP contribution is 2.34. The number of aryl methyl sites for hydroxylation is 1. The van der Waals surface area contributed by atoms with Crippen molar-refractivity contribution >= 4 is 22.7 Å². The fourth-order valence-corrected chi connectivity index (χ4v) is 4.46. The van der Waals surface area contributed by atoms with Crippen molar-refractivity contribution in [2.45, 2.75) is 52.3 Å². The van der Waals surface area contributed by atoms with Crippen LogP contribution in [0.2, 0.25) is 0 Å². The Balaban J connectivity index is 1.73. The molecule has 0 aliphatic heterocycles. The van der Waals surface area contributed by atoms with Crippen LogP contribution in [0.15, 0.2) is 60.7 Å². The van der Waals surface area contributed by atoms with E-state index in [9.17, 15) is 18.7 Å². The van der Waals surface area contributed by atoms with Crippen LogP contribution in [0.3, 0.4) is 0 Å². The molecule has 4 rings (SSSR count). The first-order chi connectivity index (χ1) is 18.8. The second-order valence-electron chi connectivity index (χ2n) is 10.3. The van der Waals surface area contributed by atoms with Gasteiger partial charge in [-0.15, -0.1) is 0 Å². The van der Waals surface area contributed by atoms with Gasteiger partial charge in [0, 0.05) is 37.3 Å². The standard InChI is InChI=1S/C31H34F2N4O3/c1-18(21-8-7-9-25(15-21)31(4,32)33)34-30-26-16-23(10-12-27(26)35-19(2)36-30)22-11-13-28(40-20(3)38)24(14-22)17-29(39)37(5)6/h7-16,18,29,39H,17H2,1-6H3,(H,34,35,36)/t18-,29-/m1/s1. The maximum Gasteiger partial charge on any atom is 0.308 e. The van der Waals surface area contributed by atoms with Gasteiger partial charge in [-0.25, -0.2) is 18.7 Å². The van der Waals surface area contributed by atoms with E-state index in [0.717, 1.165) is 29.0 Å². The zero-order valence-corrected chi connectivity index (χ0v) is 23.5. The number of hydrogen-bond acceptors (Lipinski definition) is 7. The first-order valence-electron chi connectivity index (χ1n) is 13.0. The van der Waals surface area contributed by atoms with Crippen LogP contribution >= 0.6 is 0 Å². The summed E-state index contributed by atoms with van der Waals surface area (Å²) in [6.07, 6.45) is -0.500. The smallest absolute Gasteiger partial charge is 0.308 e. The molecule has 1 heterocycles. The molecule has 0 aliphatic carbocycles. The number of nitrogens with zero attached hydrogens (tertiary/aromatic N) is 3. The van der Waals surface area contributed by atoms with Crippen molar-refractivity contribution in [1.29, 1.82) is 0 Å². The molecule has 40 heavy (non-hydrogen) atoms. The number of nitrogens with one attached hydrogen (secondary N) is 1. The van der Waals surface area contributed by atoms with Gasteiger partial charge in [-0.3, -0.25) is 9.69 Å². The van der Waals surface area contributed by atoms with Crippen LogP contribution in [0.4, 0.5) is 14.6 Å². The first-order valence-corrected chi connectivity index (χ1v) is 13.0. The fraction of sp³-hybridized carbons (Fsp3) is 0.323. The maximum absolute atomic E-state index is 13.9. The number of carbonyl (C=O) groups is 1. The van der Waals surface area contributed by atoms with E-state index in [1.54, 1.807) is 38.1 Å². The number of aliphatic hydroxyl groups excluding tert-OH is 1. The summed E-state index contributed by atoms with van der Waals surface area (Å²) in [5, 5.41) is 14.6. The van der Waals surface area contributed by atoms with E-state index in [1.807, 2.05) is 43.3 Å². The van der Waals surface area contributed by atoms with Gasteiger partial charge in [0.05, 0.1) is 5.52 Å². The first kappa shape index (κ1) is 29.0. The van der Waals surface area contributed by atoms with Gasteiger partial charge in [0.25, 0.3) is 5.92 Å². The molecule has 0 saturated heterocycles. The Labute approximate surface area is 232 Å². The third-order valence-electron chi connectivity index (χ3n) is 6.70. The molecule has 0 fully saturated rings. The number of carbonyl (C=O) groups excluding carboxylic acids is 1. The lowest BCUT2D eigenvalue weighted by atomic mass is 9.98. The number of hydrogen-bond donors (Lipinski definition) is 2. The Morgan fingerprint density at radius 3 is 2.45 bits per heavy atom.